The first-order chi connectivity index (χ1) is 7.66. The highest BCUT2D eigenvalue weighted by Gasteiger charge is 2.22. The molecule has 0 saturated carbocycles. The van der Waals surface area contributed by atoms with Crippen LogP contribution in [-0.4, -0.2) is 41.6 Å². The number of ether oxygens (including phenoxy) is 1. The van der Waals surface area contributed by atoms with Crippen molar-refractivity contribution in [1.82, 2.24) is 9.88 Å². The van der Waals surface area contributed by atoms with E-state index in [-0.39, 0.29) is 12.0 Å². The Balaban J connectivity index is 2.09. The molecule has 4 nitrogen and oxygen atoms in total. The summed E-state index contributed by atoms with van der Waals surface area (Å²) in [6.07, 6.45) is 1.70. The standard InChI is InChI=1S/C11H13BrN2O2/c1-8-7-14(4-5-16-8)11(15)9-2-3-10(12)13-6-9/h2-3,6,8H,4-5,7H2,1H3. The molecule has 0 bridgehead atoms. The first kappa shape index (κ1) is 11.5. The average molecular weight is 285 g/mol. The molecule has 1 aromatic rings. The Labute approximate surface area is 103 Å². The first-order valence-corrected chi connectivity index (χ1v) is 5.98. The molecule has 1 unspecified atom stereocenters. The lowest BCUT2D eigenvalue weighted by Crippen LogP contribution is -2.44. The molecule has 5 heteroatoms. The second kappa shape index (κ2) is 4.93. The Morgan fingerprint density at radius 3 is 3.06 bits per heavy atom. The number of nitrogens with zero attached hydrogens (tertiary/aromatic N) is 2. The van der Waals surface area contributed by atoms with Gasteiger partial charge < -0.3 is 9.64 Å². The van der Waals surface area contributed by atoms with E-state index in [1.165, 1.54) is 0 Å². The van der Waals surface area contributed by atoms with Crippen LogP contribution in [0.3, 0.4) is 0 Å². The molecule has 86 valence electrons. The topological polar surface area (TPSA) is 42.4 Å². The van der Waals surface area contributed by atoms with Gasteiger partial charge in [-0.05, 0) is 35.0 Å². The van der Waals surface area contributed by atoms with Crippen molar-refractivity contribution >= 4 is 21.8 Å². The molecule has 1 saturated heterocycles. The highest BCUT2D eigenvalue weighted by Crippen LogP contribution is 2.11. The number of amides is 1. The van der Waals surface area contributed by atoms with Gasteiger partial charge in [0.2, 0.25) is 0 Å². The molecule has 1 aliphatic heterocycles. The van der Waals surface area contributed by atoms with Crippen LogP contribution in [0, 0.1) is 0 Å². The van der Waals surface area contributed by atoms with Crippen molar-refractivity contribution in [2.24, 2.45) is 0 Å². The van der Waals surface area contributed by atoms with E-state index in [1.807, 2.05) is 6.92 Å². The zero-order chi connectivity index (χ0) is 11.5. The highest BCUT2D eigenvalue weighted by atomic mass is 79.9. The summed E-state index contributed by atoms with van der Waals surface area (Å²) in [7, 11) is 0. The van der Waals surface area contributed by atoms with Crippen LogP contribution in [0.25, 0.3) is 0 Å². The maximum Gasteiger partial charge on any atom is 0.255 e. The summed E-state index contributed by atoms with van der Waals surface area (Å²) in [5.74, 6) is 0.0233. The van der Waals surface area contributed by atoms with E-state index in [4.69, 9.17) is 4.74 Å². The second-order valence-electron chi connectivity index (χ2n) is 3.80. The van der Waals surface area contributed by atoms with Crippen molar-refractivity contribution in [2.45, 2.75) is 13.0 Å². The Morgan fingerprint density at radius 2 is 2.44 bits per heavy atom. The number of hydrogen-bond acceptors (Lipinski definition) is 3. The SMILES string of the molecule is CC1CN(C(=O)c2ccc(Br)nc2)CCO1. The lowest BCUT2D eigenvalue weighted by Gasteiger charge is -2.31. The molecular formula is C11H13BrN2O2. The Kier molecular flexibility index (Phi) is 3.56. The van der Waals surface area contributed by atoms with E-state index in [9.17, 15) is 4.79 Å². The third kappa shape index (κ3) is 2.59. The van der Waals surface area contributed by atoms with Gasteiger partial charge >= 0.3 is 0 Å². The molecule has 2 heterocycles. The van der Waals surface area contributed by atoms with E-state index in [2.05, 4.69) is 20.9 Å². The van der Waals surface area contributed by atoms with Gasteiger partial charge in [-0.25, -0.2) is 4.98 Å². The molecule has 2 rings (SSSR count). The zero-order valence-electron chi connectivity index (χ0n) is 9.02. The van der Waals surface area contributed by atoms with Crippen molar-refractivity contribution in [3.63, 3.8) is 0 Å². The van der Waals surface area contributed by atoms with Gasteiger partial charge in [-0.2, -0.15) is 0 Å². The molecular weight excluding hydrogens is 272 g/mol. The van der Waals surface area contributed by atoms with E-state index in [0.717, 1.165) is 4.60 Å². The lowest BCUT2D eigenvalue weighted by atomic mass is 10.2. The van der Waals surface area contributed by atoms with Gasteiger partial charge in [-0.1, -0.05) is 0 Å². The van der Waals surface area contributed by atoms with Gasteiger partial charge in [0.1, 0.15) is 4.60 Å². The van der Waals surface area contributed by atoms with Gasteiger partial charge in [-0.3, -0.25) is 4.79 Å². The van der Waals surface area contributed by atoms with Gasteiger partial charge in [-0.15, -0.1) is 0 Å². The number of hydrogen-bond donors (Lipinski definition) is 0. The molecule has 1 aromatic heterocycles. The minimum atomic E-state index is 0.0233. The predicted octanol–water partition coefficient (Wildman–Crippen LogP) is 1.71. The average Bonchev–Trinajstić information content (AvgIpc) is 2.29. The van der Waals surface area contributed by atoms with Crippen molar-refractivity contribution in [2.75, 3.05) is 19.7 Å². The van der Waals surface area contributed by atoms with Crippen LogP contribution < -0.4 is 0 Å². The summed E-state index contributed by atoms with van der Waals surface area (Å²) in [6, 6.07) is 3.55. The molecule has 0 radical (unpaired) electrons. The fraction of sp³-hybridized carbons (Fsp3) is 0.455. The summed E-state index contributed by atoms with van der Waals surface area (Å²) < 4.78 is 6.13. The molecule has 1 aliphatic rings. The molecule has 0 aliphatic carbocycles. The van der Waals surface area contributed by atoms with E-state index in [1.54, 1.807) is 23.2 Å². The molecule has 0 spiro atoms. The van der Waals surface area contributed by atoms with Crippen LogP contribution in [0.2, 0.25) is 0 Å². The molecule has 1 atom stereocenters. The summed E-state index contributed by atoms with van der Waals surface area (Å²) in [4.78, 5) is 17.9. The van der Waals surface area contributed by atoms with E-state index in [0.29, 0.717) is 25.3 Å². The van der Waals surface area contributed by atoms with Crippen molar-refractivity contribution in [3.05, 3.63) is 28.5 Å². The fourth-order valence-corrected chi connectivity index (χ4v) is 1.92. The highest BCUT2D eigenvalue weighted by molar-refractivity contribution is 9.10. The Hall–Kier alpha value is -0.940. The molecule has 1 fully saturated rings. The van der Waals surface area contributed by atoms with Crippen LogP contribution in [0.5, 0.6) is 0 Å². The van der Waals surface area contributed by atoms with Gasteiger partial charge in [0.15, 0.2) is 0 Å². The van der Waals surface area contributed by atoms with Crippen LogP contribution in [0.4, 0.5) is 0 Å². The van der Waals surface area contributed by atoms with Crippen molar-refractivity contribution in [3.8, 4) is 0 Å². The quantitative estimate of drug-likeness (QED) is 0.738. The van der Waals surface area contributed by atoms with Crippen LogP contribution in [-0.2, 0) is 4.74 Å². The largest absolute Gasteiger partial charge is 0.375 e. The minimum absolute atomic E-state index is 0.0233. The molecule has 0 aromatic carbocycles. The van der Waals surface area contributed by atoms with Crippen LogP contribution >= 0.6 is 15.9 Å². The number of carbonyl (C=O) groups is 1. The zero-order valence-corrected chi connectivity index (χ0v) is 10.6. The van der Waals surface area contributed by atoms with Crippen molar-refractivity contribution < 1.29 is 9.53 Å². The number of pyridine rings is 1. The summed E-state index contributed by atoms with van der Waals surface area (Å²) in [5.41, 5.74) is 0.623. The normalized spacial score (nSPS) is 20.9. The minimum Gasteiger partial charge on any atom is -0.375 e. The smallest absolute Gasteiger partial charge is 0.255 e. The number of morpholine rings is 1. The predicted molar refractivity (Wildman–Crippen MR) is 63.3 cm³/mol. The number of rotatable bonds is 1. The maximum atomic E-state index is 12.1. The lowest BCUT2D eigenvalue weighted by molar-refractivity contribution is -0.0124. The van der Waals surface area contributed by atoms with Gasteiger partial charge in [0.05, 0.1) is 18.3 Å². The molecule has 16 heavy (non-hydrogen) atoms. The van der Waals surface area contributed by atoms with Gasteiger partial charge in [0, 0.05) is 19.3 Å². The van der Waals surface area contributed by atoms with Crippen LogP contribution in [0.15, 0.2) is 22.9 Å². The second-order valence-corrected chi connectivity index (χ2v) is 4.61. The molecule has 1 amide bonds. The first-order valence-electron chi connectivity index (χ1n) is 5.19. The maximum absolute atomic E-state index is 12.1. The third-order valence-electron chi connectivity index (χ3n) is 2.50. The Bertz CT molecular complexity index is 380. The van der Waals surface area contributed by atoms with Crippen molar-refractivity contribution in [1.29, 1.82) is 0 Å². The Morgan fingerprint density at radius 1 is 1.62 bits per heavy atom. The monoisotopic (exact) mass is 284 g/mol. The van der Waals surface area contributed by atoms with Crippen LogP contribution in [0.1, 0.15) is 17.3 Å². The summed E-state index contributed by atoms with van der Waals surface area (Å²) in [6.45, 7) is 3.88. The number of carbonyl (C=O) groups excluding carboxylic acids is 1. The number of halogens is 1. The number of aromatic nitrogens is 1. The summed E-state index contributed by atoms with van der Waals surface area (Å²) in [5, 5.41) is 0. The van der Waals surface area contributed by atoms with E-state index >= 15 is 0 Å². The third-order valence-corrected chi connectivity index (χ3v) is 2.97. The van der Waals surface area contributed by atoms with Gasteiger partial charge in [0.25, 0.3) is 5.91 Å². The van der Waals surface area contributed by atoms with E-state index < -0.39 is 0 Å². The summed E-state index contributed by atoms with van der Waals surface area (Å²) >= 11 is 3.24. The molecule has 0 N–H and O–H groups in total. The fourth-order valence-electron chi connectivity index (χ4n) is 1.69.